The van der Waals surface area contributed by atoms with Crippen LogP contribution in [0.3, 0.4) is 0 Å². The average Bonchev–Trinajstić information content (AvgIpc) is 2.97. The number of hydrogen-bond donors (Lipinski definition) is 3. The Balaban J connectivity index is 2.08. The van der Waals surface area contributed by atoms with Crippen LogP contribution in [0.4, 0.5) is 32.0 Å². The molecule has 3 rings (SSSR count). The van der Waals surface area contributed by atoms with Gasteiger partial charge in [0, 0.05) is 30.2 Å². The molecular formula is C27H25F6N3O3. The van der Waals surface area contributed by atoms with E-state index in [1.807, 2.05) is 0 Å². The van der Waals surface area contributed by atoms with E-state index in [0.717, 1.165) is 18.3 Å². The van der Waals surface area contributed by atoms with Gasteiger partial charge in [-0.3, -0.25) is 9.59 Å². The summed E-state index contributed by atoms with van der Waals surface area (Å²) in [5.41, 5.74) is -1.16. The number of anilines is 1. The number of carbonyl (C=O) groups is 2. The predicted molar refractivity (Wildman–Crippen MR) is 132 cm³/mol. The third-order valence-electron chi connectivity index (χ3n) is 6.07. The van der Waals surface area contributed by atoms with Gasteiger partial charge in [-0.15, -0.1) is 0 Å². The third kappa shape index (κ3) is 7.49. The zero-order valence-corrected chi connectivity index (χ0v) is 20.9. The van der Waals surface area contributed by atoms with E-state index in [9.17, 15) is 35.9 Å². The highest BCUT2D eigenvalue weighted by Crippen LogP contribution is 2.38. The van der Waals surface area contributed by atoms with Gasteiger partial charge in [0.1, 0.15) is 5.69 Å². The highest BCUT2D eigenvalue weighted by molar-refractivity contribution is 6.06. The molecule has 208 valence electrons. The fourth-order valence-corrected chi connectivity index (χ4v) is 4.01. The number of pyridine rings is 1. The second-order valence-corrected chi connectivity index (χ2v) is 8.89. The van der Waals surface area contributed by atoms with E-state index in [0.29, 0.717) is 11.6 Å². The molecule has 3 N–H and O–H groups in total. The van der Waals surface area contributed by atoms with Crippen molar-refractivity contribution in [2.75, 3.05) is 11.9 Å². The van der Waals surface area contributed by atoms with Crippen LogP contribution in [0.1, 0.15) is 43.5 Å². The molecule has 0 aliphatic heterocycles. The van der Waals surface area contributed by atoms with Crippen LogP contribution in [0.5, 0.6) is 0 Å². The Bertz CT molecular complexity index is 1330. The largest absolute Gasteiger partial charge is 0.481 e. The summed E-state index contributed by atoms with van der Waals surface area (Å²) in [6.45, 7) is 3.41. The van der Waals surface area contributed by atoms with Crippen molar-refractivity contribution in [3.05, 3.63) is 88.4 Å². The zero-order chi connectivity index (χ0) is 29.0. The fraction of sp³-hybridized carbons (Fsp3) is 0.296. The van der Waals surface area contributed by atoms with Crippen LogP contribution >= 0.6 is 0 Å². The number of allylic oxidation sites excluding steroid dienone is 4. The van der Waals surface area contributed by atoms with E-state index in [4.69, 9.17) is 5.11 Å². The van der Waals surface area contributed by atoms with Gasteiger partial charge >= 0.3 is 18.3 Å². The van der Waals surface area contributed by atoms with Gasteiger partial charge < -0.3 is 15.7 Å². The molecule has 0 radical (unpaired) electrons. The molecule has 12 heteroatoms. The molecule has 0 fully saturated rings. The van der Waals surface area contributed by atoms with Crippen molar-refractivity contribution < 1.29 is 41.0 Å². The van der Waals surface area contributed by atoms with Crippen LogP contribution in [0.15, 0.2) is 71.6 Å². The topological polar surface area (TPSA) is 91.3 Å². The Morgan fingerprint density at radius 2 is 1.69 bits per heavy atom. The summed E-state index contributed by atoms with van der Waals surface area (Å²) in [6.07, 6.45) is -5.55. The van der Waals surface area contributed by atoms with Gasteiger partial charge in [0.05, 0.1) is 17.4 Å². The molecule has 6 nitrogen and oxygen atoms in total. The van der Waals surface area contributed by atoms with Crippen molar-refractivity contribution in [2.24, 2.45) is 5.92 Å². The van der Waals surface area contributed by atoms with Crippen molar-refractivity contribution in [1.29, 1.82) is 0 Å². The second-order valence-electron chi connectivity index (χ2n) is 8.89. The molecule has 0 spiro atoms. The summed E-state index contributed by atoms with van der Waals surface area (Å²) < 4.78 is 79.9. The molecule has 0 saturated heterocycles. The minimum atomic E-state index is -4.66. The van der Waals surface area contributed by atoms with E-state index in [-0.39, 0.29) is 47.5 Å². The summed E-state index contributed by atoms with van der Waals surface area (Å²) in [5, 5.41) is 14.4. The number of aromatic nitrogens is 1. The Kier molecular flexibility index (Phi) is 8.88. The Morgan fingerprint density at radius 3 is 2.28 bits per heavy atom. The molecule has 0 bridgehead atoms. The second kappa shape index (κ2) is 11.7. The molecule has 0 saturated carbocycles. The highest BCUT2D eigenvalue weighted by atomic mass is 19.4. The monoisotopic (exact) mass is 553 g/mol. The number of carboxylic acids is 1. The number of amides is 1. The van der Waals surface area contributed by atoms with Crippen LogP contribution in [0, 0.1) is 5.92 Å². The quantitative estimate of drug-likeness (QED) is 0.258. The molecule has 1 aliphatic rings. The lowest BCUT2D eigenvalue weighted by Crippen LogP contribution is -2.26. The molecule has 1 atom stereocenters. The lowest BCUT2D eigenvalue weighted by Gasteiger charge is -2.20. The summed E-state index contributed by atoms with van der Waals surface area (Å²) in [6, 6.07) is 6.73. The number of halogens is 6. The number of nitrogens with zero attached hydrogens (tertiary/aromatic N) is 1. The molecule has 1 aliphatic carbocycles. The number of hydrogen-bond acceptors (Lipinski definition) is 4. The van der Waals surface area contributed by atoms with Gasteiger partial charge in [0.25, 0.3) is 5.91 Å². The lowest BCUT2D eigenvalue weighted by molar-refractivity contribution is -0.141. The molecule has 39 heavy (non-hydrogen) atoms. The first kappa shape index (κ1) is 29.5. The van der Waals surface area contributed by atoms with E-state index in [1.165, 1.54) is 30.4 Å². The maximum atomic E-state index is 13.8. The Hall–Kier alpha value is -4.09. The third-order valence-corrected chi connectivity index (χ3v) is 6.07. The zero-order valence-electron chi connectivity index (χ0n) is 20.9. The van der Waals surface area contributed by atoms with Crippen molar-refractivity contribution in [3.63, 3.8) is 0 Å². The average molecular weight is 554 g/mol. The maximum absolute atomic E-state index is 13.8. The molecule has 1 unspecified atom stereocenters. The minimum Gasteiger partial charge on any atom is -0.481 e. The van der Waals surface area contributed by atoms with Crippen LogP contribution in [-0.2, 0) is 21.9 Å². The Morgan fingerprint density at radius 1 is 1.00 bits per heavy atom. The highest BCUT2D eigenvalue weighted by Gasteiger charge is 2.35. The van der Waals surface area contributed by atoms with Crippen molar-refractivity contribution >= 4 is 23.1 Å². The maximum Gasteiger partial charge on any atom is 0.433 e. The first-order chi connectivity index (χ1) is 18.2. The molecular weight excluding hydrogens is 528 g/mol. The predicted octanol–water partition coefficient (Wildman–Crippen LogP) is 6.45. The number of carboxylic acid groups (broad SMARTS) is 1. The minimum absolute atomic E-state index is 0.0181. The van der Waals surface area contributed by atoms with E-state index >= 15 is 0 Å². The summed E-state index contributed by atoms with van der Waals surface area (Å²) in [4.78, 5) is 27.6. The first-order valence-corrected chi connectivity index (χ1v) is 11.8. The molecule has 1 aromatic carbocycles. The molecule has 2 aromatic rings. The van der Waals surface area contributed by atoms with Crippen LogP contribution in [0.2, 0.25) is 0 Å². The standard InChI is InChI=1S/C27H25F6N3O3/c1-15-12-17(19-6-3-4-7-20(19)26(28,29)30)13-21(34-11-5-8-23(37)38)24(16(15)2)25(39)36-18-9-10-22(35-14-18)27(31,32)33/h3-4,6-7,9-10,12-14,16,34H,5,8,11H2,1-2H3,(H,36,39)(H,37,38). The van der Waals surface area contributed by atoms with Gasteiger partial charge in [-0.05, 0) is 48.8 Å². The van der Waals surface area contributed by atoms with Gasteiger partial charge in [-0.1, -0.05) is 36.8 Å². The van der Waals surface area contributed by atoms with E-state index < -0.39 is 41.4 Å². The summed E-state index contributed by atoms with van der Waals surface area (Å²) >= 11 is 0. The Labute approximate surface area is 220 Å². The number of rotatable bonds is 8. The number of benzene rings is 1. The van der Waals surface area contributed by atoms with Gasteiger partial charge in [0.15, 0.2) is 0 Å². The number of alkyl halides is 6. The molecule has 1 heterocycles. The van der Waals surface area contributed by atoms with Crippen LogP contribution < -0.4 is 10.6 Å². The lowest BCUT2D eigenvalue weighted by atomic mass is 9.91. The molecule has 1 aromatic heterocycles. The summed E-state index contributed by atoms with van der Waals surface area (Å²) in [7, 11) is 0. The normalized spacial score (nSPS) is 16.3. The van der Waals surface area contributed by atoms with E-state index in [2.05, 4.69) is 15.6 Å². The number of aliphatic carboxylic acids is 1. The number of nitrogens with one attached hydrogen (secondary N) is 2. The van der Waals surface area contributed by atoms with Crippen LogP contribution in [-0.4, -0.2) is 28.5 Å². The SMILES string of the molecule is CC1=CC(c2ccccc2C(F)(F)F)=CC(NCCCC(=O)O)=C(C(=O)Nc2ccc(C(F)(F)F)nc2)C1C. The van der Waals surface area contributed by atoms with Crippen molar-refractivity contribution in [3.8, 4) is 0 Å². The van der Waals surface area contributed by atoms with Gasteiger partial charge in [-0.2, -0.15) is 26.3 Å². The summed E-state index contributed by atoms with van der Waals surface area (Å²) in [5.74, 6) is -2.37. The number of carbonyl (C=O) groups excluding carboxylic acids is 1. The van der Waals surface area contributed by atoms with E-state index in [1.54, 1.807) is 13.8 Å². The van der Waals surface area contributed by atoms with Gasteiger partial charge in [0.2, 0.25) is 0 Å². The smallest absolute Gasteiger partial charge is 0.433 e. The fourth-order valence-electron chi connectivity index (χ4n) is 4.01. The van der Waals surface area contributed by atoms with Gasteiger partial charge in [-0.25, -0.2) is 4.98 Å². The first-order valence-electron chi connectivity index (χ1n) is 11.8. The van der Waals surface area contributed by atoms with Crippen LogP contribution in [0.25, 0.3) is 5.57 Å². The van der Waals surface area contributed by atoms with Crippen molar-refractivity contribution in [1.82, 2.24) is 10.3 Å². The van der Waals surface area contributed by atoms with Crippen molar-refractivity contribution in [2.45, 2.75) is 39.0 Å². The molecule has 1 amide bonds.